The number of hydrogen-bond donors (Lipinski definition) is 0. The standard InChI is InChI=1S/C13H20O9Si/c1-9(2)13(17)18-7-6-8-19-23(20-10(3)14,21-11(4)15)22-12(5)16/h1,6-8H2,2-5H3. The van der Waals surface area contributed by atoms with E-state index in [-0.39, 0.29) is 25.2 Å². The van der Waals surface area contributed by atoms with Crippen molar-refractivity contribution in [3.63, 3.8) is 0 Å². The minimum absolute atomic E-state index is 0.00358. The van der Waals surface area contributed by atoms with Crippen molar-refractivity contribution >= 4 is 32.9 Å². The van der Waals surface area contributed by atoms with Crippen LogP contribution in [0.3, 0.4) is 0 Å². The molecule has 0 amide bonds. The van der Waals surface area contributed by atoms with Gasteiger partial charge in [0.25, 0.3) is 17.9 Å². The molecule has 0 atom stereocenters. The number of carbonyl (C=O) groups is 4. The molecule has 0 unspecified atom stereocenters. The van der Waals surface area contributed by atoms with Crippen LogP contribution in [0, 0.1) is 0 Å². The SMILES string of the molecule is C=C(C)C(=O)OCCCO[Si](OC(C)=O)(OC(C)=O)OC(C)=O. The Morgan fingerprint density at radius 3 is 1.61 bits per heavy atom. The number of rotatable bonds is 9. The van der Waals surface area contributed by atoms with Gasteiger partial charge in [-0.2, -0.15) is 0 Å². The summed E-state index contributed by atoms with van der Waals surface area (Å²) in [5.74, 6) is -3.08. The highest BCUT2D eigenvalue weighted by atomic mass is 28.4. The fourth-order valence-electron chi connectivity index (χ4n) is 1.22. The molecule has 0 heterocycles. The van der Waals surface area contributed by atoms with Crippen molar-refractivity contribution < 1.29 is 41.6 Å². The smallest absolute Gasteiger partial charge is 0.462 e. The van der Waals surface area contributed by atoms with Gasteiger partial charge in [-0.15, -0.1) is 0 Å². The maximum atomic E-state index is 11.2. The molecule has 0 bridgehead atoms. The van der Waals surface area contributed by atoms with Crippen molar-refractivity contribution in [3.8, 4) is 0 Å². The second-order valence-corrected chi connectivity index (χ2v) is 6.30. The molecule has 0 radical (unpaired) electrons. The van der Waals surface area contributed by atoms with Gasteiger partial charge in [0.05, 0.1) is 6.61 Å². The minimum atomic E-state index is -4.29. The van der Waals surface area contributed by atoms with Gasteiger partial charge in [-0.25, -0.2) is 4.79 Å². The average molecular weight is 348 g/mol. The summed E-state index contributed by atoms with van der Waals surface area (Å²) in [6, 6.07) is 0. The number of esters is 1. The Bertz CT molecular complexity index is 445. The first-order valence-electron chi connectivity index (χ1n) is 6.63. The molecule has 0 aliphatic heterocycles. The van der Waals surface area contributed by atoms with Gasteiger partial charge in [0.15, 0.2) is 0 Å². The Kier molecular flexibility index (Phi) is 8.81. The lowest BCUT2D eigenvalue weighted by Gasteiger charge is -2.24. The van der Waals surface area contributed by atoms with E-state index in [0.29, 0.717) is 0 Å². The van der Waals surface area contributed by atoms with Gasteiger partial charge in [-0.1, -0.05) is 6.58 Å². The monoisotopic (exact) mass is 348 g/mol. The van der Waals surface area contributed by atoms with E-state index in [1.807, 2.05) is 0 Å². The molecule has 0 rings (SSSR count). The number of hydrogen-bond acceptors (Lipinski definition) is 9. The second-order valence-electron chi connectivity index (χ2n) is 4.40. The molecule has 0 saturated heterocycles. The van der Waals surface area contributed by atoms with Gasteiger partial charge < -0.3 is 22.4 Å². The number of ether oxygens (including phenoxy) is 1. The summed E-state index contributed by atoms with van der Waals surface area (Å²) in [5.41, 5.74) is 0.245. The first-order valence-corrected chi connectivity index (χ1v) is 8.26. The van der Waals surface area contributed by atoms with Crippen molar-refractivity contribution in [2.75, 3.05) is 13.2 Å². The zero-order valence-corrected chi connectivity index (χ0v) is 14.5. The molecule has 0 spiro atoms. The third-order valence-electron chi connectivity index (χ3n) is 1.96. The van der Waals surface area contributed by atoms with Crippen LogP contribution in [0.4, 0.5) is 0 Å². The minimum Gasteiger partial charge on any atom is -0.462 e. The molecular formula is C13H20O9Si. The fraction of sp³-hybridized carbons (Fsp3) is 0.538. The molecule has 0 aliphatic carbocycles. The molecule has 0 aromatic rings. The molecule has 0 aromatic carbocycles. The predicted octanol–water partition coefficient (Wildman–Crippen LogP) is 0.637. The summed E-state index contributed by atoms with van der Waals surface area (Å²) >= 11 is 0. The topological polar surface area (TPSA) is 114 Å². The highest BCUT2D eigenvalue weighted by molar-refractivity contribution is 6.59. The fourth-order valence-corrected chi connectivity index (χ4v) is 2.98. The van der Waals surface area contributed by atoms with Gasteiger partial charge in [0, 0.05) is 39.4 Å². The van der Waals surface area contributed by atoms with Crippen molar-refractivity contribution in [1.29, 1.82) is 0 Å². The first kappa shape index (κ1) is 20.8. The van der Waals surface area contributed by atoms with Crippen LogP contribution in [0.5, 0.6) is 0 Å². The average Bonchev–Trinajstić information content (AvgIpc) is 2.34. The molecule has 23 heavy (non-hydrogen) atoms. The molecular weight excluding hydrogens is 328 g/mol. The van der Waals surface area contributed by atoms with Crippen molar-refractivity contribution in [2.24, 2.45) is 0 Å². The molecule has 130 valence electrons. The van der Waals surface area contributed by atoms with E-state index >= 15 is 0 Å². The van der Waals surface area contributed by atoms with Crippen molar-refractivity contribution in [1.82, 2.24) is 0 Å². The Balaban J connectivity index is 4.69. The van der Waals surface area contributed by atoms with Crippen LogP contribution in [0.15, 0.2) is 12.2 Å². The first-order chi connectivity index (χ1) is 10.6. The summed E-state index contributed by atoms with van der Waals surface area (Å²) in [5, 5.41) is 0. The van der Waals surface area contributed by atoms with Crippen LogP contribution in [-0.4, -0.2) is 46.1 Å². The van der Waals surface area contributed by atoms with E-state index in [1.165, 1.54) is 6.92 Å². The molecule has 9 nitrogen and oxygen atoms in total. The van der Waals surface area contributed by atoms with Gasteiger partial charge in [-0.3, -0.25) is 14.4 Å². The lowest BCUT2D eigenvalue weighted by molar-refractivity contribution is -0.156. The zero-order valence-electron chi connectivity index (χ0n) is 13.5. The normalized spacial score (nSPS) is 10.4. The molecule has 0 N–H and O–H groups in total. The van der Waals surface area contributed by atoms with Gasteiger partial charge >= 0.3 is 15.0 Å². The van der Waals surface area contributed by atoms with E-state index in [1.54, 1.807) is 0 Å². The maximum Gasteiger partial charge on any atom is 0.899 e. The van der Waals surface area contributed by atoms with Crippen LogP contribution in [0.1, 0.15) is 34.1 Å². The Morgan fingerprint density at radius 2 is 1.26 bits per heavy atom. The highest BCUT2D eigenvalue weighted by Gasteiger charge is 2.57. The van der Waals surface area contributed by atoms with Crippen LogP contribution < -0.4 is 0 Å². The molecule has 0 fully saturated rings. The lowest BCUT2D eigenvalue weighted by atomic mass is 10.4. The predicted molar refractivity (Wildman–Crippen MR) is 77.4 cm³/mol. The van der Waals surface area contributed by atoms with Gasteiger partial charge in [0.2, 0.25) is 0 Å². The second kappa shape index (κ2) is 9.74. The quantitative estimate of drug-likeness (QED) is 0.256. The summed E-state index contributed by atoms with van der Waals surface area (Å²) in [6.45, 7) is 7.92. The third-order valence-corrected chi connectivity index (χ3v) is 4.13. The summed E-state index contributed by atoms with van der Waals surface area (Å²) in [7, 11) is -4.29. The highest BCUT2D eigenvalue weighted by Crippen LogP contribution is 2.14. The van der Waals surface area contributed by atoms with E-state index < -0.39 is 32.9 Å². The summed E-state index contributed by atoms with van der Waals surface area (Å²) in [6.07, 6.45) is 0.192. The molecule has 0 saturated carbocycles. The van der Waals surface area contributed by atoms with Gasteiger partial charge in [-0.05, 0) is 6.92 Å². The lowest BCUT2D eigenvalue weighted by Crippen LogP contribution is -2.52. The maximum absolute atomic E-state index is 11.2. The van der Waals surface area contributed by atoms with E-state index in [9.17, 15) is 19.2 Å². The van der Waals surface area contributed by atoms with Crippen LogP contribution in [0.25, 0.3) is 0 Å². The van der Waals surface area contributed by atoms with E-state index in [2.05, 4.69) is 6.58 Å². The third kappa shape index (κ3) is 9.42. The summed E-state index contributed by atoms with van der Waals surface area (Å²) < 4.78 is 24.4. The molecule has 10 heteroatoms. The van der Waals surface area contributed by atoms with Crippen molar-refractivity contribution in [3.05, 3.63) is 12.2 Å². The Labute approximate surface area is 135 Å². The molecule has 0 aliphatic rings. The molecule has 0 aromatic heterocycles. The van der Waals surface area contributed by atoms with Crippen LogP contribution in [0.2, 0.25) is 0 Å². The van der Waals surface area contributed by atoms with Crippen LogP contribution >= 0.6 is 0 Å². The van der Waals surface area contributed by atoms with Crippen molar-refractivity contribution in [2.45, 2.75) is 34.1 Å². The zero-order chi connectivity index (χ0) is 18.0. The van der Waals surface area contributed by atoms with Gasteiger partial charge in [0.1, 0.15) is 0 Å². The van der Waals surface area contributed by atoms with Crippen LogP contribution in [-0.2, 0) is 41.6 Å². The number of carbonyl (C=O) groups excluding carboxylic acids is 4. The van der Waals surface area contributed by atoms with E-state index in [0.717, 1.165) is 20.8 Å². The van der Waals surface area contributed by atoms with E-state index in [4.69, 9.17) is 22.4 Å². The Hall–Kier alpha value is -2.20. The Morgan fingerprint density at radius 1 is 0.826 bits per heavy atom. The summed E-state index contributed by atoms with van der Waals surface area (Å²) in [4.78, 5) is 44.6. The largest absolute Gasteiger partial charge is 0.899 e.